The quantitative estimate of drug-likeness (QED) is 0.817. The second kappa shape index (κ2) is 11.3. The summed E-state index contributed by atoms with van der Waals surface area (Å²) in [4.78, 5) is 17.6. The molecule has 2 atom stereocenters. The zero-order valence-electron chi connectivity index (χ0n) is 16.8. The molecule has 1 aromatic rings. The van der Waals surface area contributed by atoms with E-state index in [0.29, 0.717) is 23.8 Å². The minimum Gasteiger partial charge on any atom is -0.342 e. The van der Waals surface area contributed by atoms with Gasteiger partial charge in [0.1, 0.15) is 0 Å². The van der Waals surface area contributed by atoms with Gasteiger partial charge < -0.3 is 10.2 Å². The molecule has 2 saturated heterocycles. The first kappa shape index (κ1) is 24.2. The number of nitrogens with one attached hydrogen (secondary N) is 1. The second-order valence-corrected chi connectivity index (χ2v) is 8.10. The van der Waals surface area contributed by atoms with Gasteiger partial charge in [-0.3, -0.25) is 9.69 Å². The number of hydrogen-bond acceptors (Lipinski definition) is 3. The van der Waals surface area contributed by atoms with E-state index in [-0.39, 0.29) is 30.7 Å². The predicted octanol–water partition coefficient (Wildman–Crippen LogP) is 3.44. The summed E-state index contributed by atoms with van der Waals surface area (Å²) in [6.45, 7) is 9.71. The fourth-order valence-electron chi connectivity index (χ4n) is 4.90. The van der Waals surface area contributed by atoms with Crippen LogP contribution in [-0.2, 0) is 11.3 Å². The van der Waals surface area contributed by atoms with Gasteiger partial charge in [0.15, 0.2) is 0 Å². The maximum absolute atomic E-state index is 12.9. The van der Waals surface area contributed by atoms with Crippen molar-refractivity contribution in [1.82, 2.24) is 15.1 Å². The molecule has 0 saturated carbocycles. The van der Waals surface area contributed by atoms with Crippen LogP contribution >= 0.6 is 24.8 Å². The molecule has 1 N–H and O–H groups in total. The number of carbonyl (C=O) groups is 1. The Hall–Kier alpha value is -0.810. The zero-order chi connectivity index (χ0) is 17.8. The van der Waals surface area contributed by atoms with Gasteiger partial charge in [-0.25, -0.2) is 0 Å². The number of carbonyl (C=O) groups excluding carboxylic acids is 1. The maximum Gasteiger partial charge on any atom is 0.225 e. The summed E-state index contributed by atoms with van der Waals surface area (Å²) < 4.78 is 0. The molecule has 2 aliphatic rings. The van der Waals surface area contributed by atoms with Crippen molar-refractivity contribution in [3.05, 3.63) is 35.9 Å². The van der Waals surface area contributed by atoms with E-state index >= 15 is 0 Å². The Kier molecular flexibility index (Phi) is 10.1. The van der Waals surface area contributed by atoms with E-state index in [4.69, 9.17) is 0 Å². The van der Waals surface area contributed by atoms with E-state index in [1.165, 1.54) is 5.56 Å². The van der Waals surface area contributed by atoms with Crippen LogP contribution in [0.5, 0.6) is 0 Å². The van der Waals surface area contributed by atoms with Crippen molar-refractivity contribution in [2.75, 3.05) is 33.2 Å². The number of amides is 1. The minimum absolute atomic E-state index is 0. The van der Waals surface area contributed by atoms with Gasteiger partial charge in [-0.1, -0.05) is 44.2 Å². The molecule has 0 bridgehead atoms. The lowest BCUT2D eigenvalue weighted by atomic mass is 9.83. The second-order valence-electron chi connectivity index (χ2n) is 8.10. The average Bonchev–Trinajstić information content (AvgIpc) is 2.62. The van der Waals surface area contributed by atoms with Gasteiger partial charge in [0.05, 0.1) is 0 Å². The van der Waals surface area contributed by atoms with Gasteiger partial charge in [0.25, 0.3) is 0 Å². The number of hydrogen-bond donors (Lipinski definition) is 1. The summed E-state index contributed by atoms with van der Waals surface area (Å²) in [5.41, 5.74) is 1.37. The normalized spacial score (nSPS) is 26.6. The van der Waals surface area contributed by atoms with Crippen molar-refractivity contribution in [1.29, 1.82) is 0 Å². The molecule has 4 nitrogen and oxygen atoms in total. The molecule has 2 aliphatic heterocycles. The van der Waals surface area contributed by atoms with Crippen LogP contribution in [0.3, 0.4) is 0 Å². The van der Waals surface area contributed by atoms with Gasteiger partial charge in [-0.15, -0.1) is 24.8 Å². The molecule has 6 heteroatoms. The third kappa shape index (κ3) is 6.08. The highest BCUT2D eigenvalue weighted by Gasteiger charge is 2.38. The van der Waals surface area contributed by atoms with Crippen LogP contribution in [0.15, 0.2) is 30.3 Å². The lowest BCUT2D eigenvalue weighted by Gasteiger charge is -2.46. The number of rotatable bonds is 4. The summed E-state index contributed by atoms with van der Waals surface area (Å²) in [7, 11) is 2.04. The van der Waals surface area contributed by atoms with Crippen LogP contribution in [0, 0.1) is 17.8 Å². The molecule has 0 aromatic heterocycles. The Morgan fingerprint density at radius 3 is 2.19 bits per heavy atom. The SMILES string of the molecule is CC1CN(Cc2ccccc2)CC(C)C1N(C)C(=O)C1CCNCC1.Cl.Cl. The zero-order valence-corrected chi connectivity index (χ0v) is 18.4. The van der Waals surface area contributed by atoms with Gasteiger partial charge >= 0.3 is 0 Å². The lowest BCUT2D eigenvalue weighted by Crippen LogP contribution is -2.56. The van der Waals surface area contributed by atoms with E-state index in [1.54, 1.807) is 0 Å². The molecule has 3 rings (SSSR count). The molecule has 0 radical (unpaired) electrons. The van der Waals surface area contributed by atoms with Crippen molar-refractivity contribution < 1.29 is 4.79 Å². The third-order valence-corrected chi connectivity index (χ3v) is 5.99. The lowest BCUT2D eigenvalue weighted by molar-refractivity contribution is -0.141. The molecule has 0 aliphatic carbocycles. The average molecular weight is 416 g/mol. The molecule has 2 unspecified atom stereocenters. The highest BCUT2D eigenvalue weighted by molar-refractivity contribution is 5.85. The Labute approximate surface area is 176 Å². The van der Waals surface area contributed by atoms with Gasteiger partial charge in [-0.05, 0) is 43.3 Å². The summed E-state index contributed by atoms with van der Waals surface area (Å²) in [5, 5.41) is 3.36. The Balaban J connectivity index is 0.00000182. The number of nitrogens with zero attached hydrogens (tertiary/aromatic N) is 2. The van der Waals surface area contributed by atoms with Gasteiger partial charge in [0.2, 0.25) is 5.91 Å². The molecule has 0 spiro atoms. The summed E-state index contributed by atoms with van der Waals surface area (Å²) in [6.07, 6.45) is 1.97. The van der Waals surface area contributed by atoms with E-state index in [1.807, 2.05) is 7.05 Å². The predicted molar refractivity (Wildman–Crippen MR) is 117 cm³/mol. The number of halogens is 2. The maximum atomic E-state index is 12.9. The number of likely N-dealkylation sites (tertiary alicyclic amines) is 1. The highest BCUT2D eigenvalue weighted by Crippen LogP contribution is 2.29. The van der Waals surface area contributed by atoms with Gasteiger partial charge in [0, 0.05) is 38.6 Å². The van der Waals surface area contributed by atoms with E-state index in [9.17, 15) is 4.79 Å². The molecule has 2 heterocycles. The largest absolute Gasteiger partial charge is 0.342 e. The first-order valence-electron chi connectivity index (χ1n) is 9.80. The fraction of sp³-hybridized carbons (Fsp3) is 0.667. The summed E-state index contributed by atoms with van der Waals surface area (Å²) >= 11 is 0. The Bertz CT molecular complexity index is 554. The molecular formula is C21H35Cl2N3O. The van der Waals surface area contributed by atoms with Crippen molar-refractivity contribution in [3.63, 3.8) is 0 Å². The summed E-state index contributed by atoms with van der Waals surface area (Å²) in [5.74, 6) is 1.58. The standard InChI is InChI=1S/C21H33N3O.2ClH/c1-16-13-24(15-18-7-5-4-6-8-18)14-17(2)20(16)23(3)21(25)19-9-11-22-12-10-19;;/h4-8,16-17,19-20,22H,9-15H2,1-3H3;2*1H. The van der Waals surface area contributed by atoms with E-state index in [0.717, 1.165) is 45.6 Å². The van der Waals surface area contributed by atoms with Crippen LogP contribution in [-0.4, -0.2) is 55.0 Å². The molecule has 1 aromatic carbocycles. The topological polar surface area (TPSA) is 35.6 Å². The van der Waals surface area contributed by atoms with E-state index in [2.05, 4.69) is 59.3 Å². The molecular weight excluding hydrogens is 381 g/mol. The molecule has 27 heavy (non-hydrogen) atoms. The van der Waals surface area contributed by atoms with Crippen molar-refractivity contribution >= 4 is 30.7 Å². The molecule has 2 fully saturated rings. The molecule has 1 amide bonds. The van der Waals surface area contributed by atoms with Crippen LogP contribution < -0.4 is 5.32 Å². The van der Waals surface area contributed by atoms with Crippen LogP contribution in [0.1, 0.15) is 32.3 Å². The van der Waals surface area contributed by atoms with Crippen LogP contribution in [0.2, 0.25) is 0 Å². The Morgan fingerprint density at radius 2 is 1.63 bits per heavy atom. The smallest absolute Gasteiger partial charge is 0.225 e. The first-order chi connectivity index (χ1) is 12.1. The highest BCUT2D eigenvalue weighted by atomic mass is 35.5. The van der Waals surface area contributed by atoms with Crippen molar-refractivity contribution in [2.45, 2.75) is 39.3 Å². The van der Waals surface area contributed by atoms with E-state index < -0.39 is 0 Å². The minimum atomic E-state index is 0. The van der Waals surface area contributed by atoms with Crippen molar-refractivity contribution in [3.8, 4) is 0 Å². The van der Waals surface area contributed by atoms with Crippen molar-refractivity contribution in [2.24, 2.45) is 17.8 Å². The summed E-state index contributed by atoms with van der Waals surface area (Å²) in [6, 6.07) is 11.1. The third-order valence-electron chi connectivity index (χ3n) is 5.99. The Morgan fingerprint density at radius 1 is 1.07 bits per heavy atom. The van der Waals surface area contributed by atoms with Crippen LogP contribution in [0.25, 0.3) is 0 Å². The monoisotopic (exact) mass is 415 g/mol. The first-order valence-corrected chi connectivity index (χ1v) is 9.80. The van der Waals surface area contributed by atoms with Gasteiger partial charge in [-0.2, -0.15) is 0 Å². The number of piperidine rings is 2. The fourth-order valence-corrected chi connectivity index (χ4v) is 4.90. The number of benzene rings is 1. The molecule has 154 valence electrons. The van der Waals surface area contributed by atoms with Crippen LogP contribution in [0.4, 0.5) is 0 Å².